The summed E-state index contributed by atoms with van der Waals surface area (Å²) in [6.45, 7) is 10.3. The standard InChI is InChI=1S/C18H24ClN3OS/c1-6-12(3)24-15-7-8-16(11(2)9-15)20-17(23)10-22-14(5)18(19)13(4)21-22/h7-9,12H,6,10H2,1-5H3,(H,20,23). The number of aromatic nitrogens is 2. The minimum atomic E-state index is -0.109. The Hall–Kier alpha value is -1.46. The van der Waals surface area contributed by atoms with Gasteiger partial charge in [0.05, 0.1) is 16.4 Å². The molecule has 2 aromatic rings. The molecule has 0 fully saturated rings. The fourth-order valence-electron chi connectivity index (χ4n) is 2.32. The molecular weight excluding hydrogens is 342 g/mol. The third-order valence-corrected chi connectivity index (χ3v) is 5.78. The summed E-state index contributed by atoms with van der Waals surface area (Å²) >= 11 is 7.97. The molecule has 24 heavy (non-hydrogen) atoms. The average molecular weight is 366 g/mol. The van der Waals surface area contributed by atoms with Crippen LogP contribution < -0.4 is 5.32 Å². The van der Waals surface area contributed by atoms with Crippen molar-refractivity contribution in [3.05, 3.63) is 40.2 Å². The molecule has 1 amide bonds. The van der Waals surface area contributed by atoms with Crippen molar-refractivity contribution in [1.82, 2.24) is 9.78 Å². The smallest absolute Gasteiger partial charge is 0.246 e. The molecule has 1 aromatic heterocycles. The molecular formula is C18H24ClN3OS. The highest BCUT2D eigenvalue weighted by Gasteiger charge is 2.13. The Morgan fingerprint density at radius 1 is 1.38 bits per heavy atom. The predicted molar refractivity (Wildman–Crippen MR) is 102 cm³/mol. The number of aryl methyl sites for hydroxylation is 2. The molecule has 2 rings (SSSR count). The van der Waals surface area contributed by atoms with Gasteiger partial charge in [0.25, 0.3) is 0 Å². The van der Waals surface area contributed by atoms with E-state index in [1.165, 1.54) is 4.90 Å². The Labute approximate surface area is 153 Å². The SMILES string of the molecule is CCC(C)Sc1ccc(NC(=O)Cn2nc(C)c(Cl)c2C)c(C)c1. The molecule has 0 spiro atoms. The number of hydrogen-bond acceptors (Lipinski definition) is 3. The molecule has 1 unspecified atom stereocenters. The van der Waals surface area contributed by atoms with Gasteiger partial charge in [-0.2, -0.15) is 5.10 Å². The molecule has 0 saturated carbocycles. The van der Waals surface area contributed by atoms with Gasteiger partial charge in [-0.15, -0.1) is 11.8 Å². The van der Waals surface area contributed by atoms with Crippen molar-refractivity contribution in [2.75, 3.05) is 5.32 Å². The Kier molecular flexibility index (Phi) is 6.35. The van der Waals surface area contributed by atoms with Gasteiger partial charge in [0.1, 0.15) is 6.54 Å². The van der Waals surface area contributed by atoms with Crippen molar-refractivity contribution in [2.45, 2.75) is 57.7 Å². The highest BCUT2D eigenvalue weighted by atomic mass is 35.5. The van der Waals surface area contributed by atoms with Crippen LogP contribution in [-0.4, -0.2) is 20.9 Å². The third kappa shape index (κ3) is 4.54. The van der Waals surface area contributed by atoms with Gasteiger partial charge in [-0.25, -0.2) is 0 Å². The molecule has 6 heteroatoms. The second-order valence-corrected chi connectivity index (χ2v) is 7.89. The van der Waals surface area contributed by atoms with E-state index in [-0.39, 0.29) is 12.5 Å². The maximum absolute atomic E-state index is 12.3. The van der Waals surface area contributed by atoms with E-state index < -0.39 is 0 Å². The number of hydrogen-bond donors (Lipinski definition) is 1. The largest absolute Gasteiger partial charge is 0.324 e. The molecule has 1 N–H and O–H groups in total. The molecule has 4 nitrogen and oxygen atoms in total. The van der Waals surface area contributed by atoms with Gasteiger partial charge < -0.3 is 5.32 Å². The molecule has 0 saturated heterocycles. The lowest BCUT2D eigenvalue weighted by atomic mass is 10.2. The van der Waals surface area contributed by atoms with Crippen molar-refractivity contribution in [2.24, 2.45) is 0 Å². The summed E-state index contributed by atoms with van der Waals surface area (Å²) in [6, 6.07) is 6.14. The van der Waals surface area contributed by atoms with E-state index in [4.69, 9.17) is 11.6 Å². The van der Waals surface area contributed by atoms with E-state index >= 15 is 0 Å². The Bertz CT molecular complexity index is 742. The van der Waals surface area contributed by atoms with Crippen molar-refractivity contribution >= 4 is 35.0 Å². The summed E-state index contributed by atoms with van der Waals surface area (Å²) in [7, 11) is 0. The topological polar surface area (TPSA) is 46.9 Å². The summed E-state index contributed by atoms with van der Waals surface area (Å²) in [5, 5.41) is 8.45. The van der Waals surface area contributed by atoms with Crippen molar-refractivity contribution in [1.29, 1.82) is 0 Å². The number of nitrogens with zero attached hydrogens (tertiary/aromatic N) is 2. The molecule has 1 heterocycles. The van der Waals surface area contributed by atoms with Crippen molar-refractivity contribution in [3.63, 3.8) is 0 Å². The molecule has 0 aliphatic heterocycles. The number of thioether (sulfide) groups is 1. The van der Waals surface area contributed by atoms with Crippen LogP contribution in [0.25, 0.3) is 0 Å². The van der Waals surface area contributed by atoms with Crippen LogP contribution in [0.1, 0.15) is 37.2 Å². The molecule has 0 aliphatic rings. The summed E-state index contributed by atoms with van der Waals surface area (Å²) < 4.78 is 1.63. The number of carbonyl (C=O) groups is 1. The predicted octanol–water partition coefficient (Wildman–Crippen LogP) is 4.99. The van der Waals surface area contributed by atoms with E-state index in [9.17, 15) is 4.79 Å². The Morgan fingerprint density at radius 3 is 2.62 bits per heavy atom. The summed E-state index contributed by atoms with van der Waals surface area (Å²) in [6.07, 6.45) is 1.13. The number of halogens is 1. The van der Waals surface area contributed by atoms with Gasteiger partial charge in [0.2, 0.25) is 5.91 Å². The van der Waals surface area contributed by atoms with Gasteiger partial charge in [-0.05, 0) is 51.0 Å². The first-order chi connectivity index (χ1) is 11.3. The van der Waals surface area contributed by atoms with Crippen LogP contribution in [0, 0.1) is 20.8 Å². The normalized spacial score (nSPS) is 12.2. The number of anilines is 1. The zero-order valence-corrected chi connectivity index (χ0v) is 16.4. The van der Waals surface area contributed by atoms with E-state index in [1.807, 2.05) is 38.6 Å². The Morgan fingerprint density at radius 2 is 2.08 bits per heavy atom. The van der Waals surface area contributed by atoms with Crippen LogP contribution in [0.4, 0.5) is 5.69 Å². The van der Waals surface area contributed by atoms with Gasteiger partial charge in [0.15, 0.2) is 0 Å². The Balaban J connectivity index is 2.04. The van der Waals surface area contributed by atoms with Crippen molar-refractivity contribution < 1.29 is 4.79 Å². The summed E-state index contributed by atoms with van der Waals surface area (Å²) in [5.74, 6) is -0.109. The van der Waals surface area contributed by atoms with Crippen LogP contribution in [-0.2, 0) is 11.3 Å². The first kappa shape index (κ1) is 18.9. The molecule has 1 aromatic carbocycles. The zero-order valence-electron chi connectivity index (χ0n) is 14.8. The van der Waals surface area contributed by atoms with E-state index in [2.05, 4.69) is 36.4 Å². The number of rotatable bonds is 6. The lowest BCUT2D eigenvalue weighted by Crippen LogP contribution is -2.20. The second kappa shape index (κ2) is 8.08. The molecule has 130 valence electrons. The number of amides is 1. The number of carbonyl (C=O) groups excluding carboxylic acids is 1. The fraction of sp³-hybridized carbons (Fsp3) is 0.444. The minimum Gasteiger partial charge on any atom is -0.324 e. The maximum Gasteiger partial charge on any atom is 0.246 e. The first-order valence-corrected chi connectivity index (χ1v) is 9.34. The first-order valence-electron chi connectivity index (χ1n) is 8.08. The molecule has 0 aliphatic carbocycles. The van der Waals surface area contributed by atoms with Gasteiger partial charge in [-0.3, -0.25) is 9.48 Å². The maximum atomic E-state index is 12.3. The highest BCUT2D eigenvalue weighted by Crippen LogP contribution is 2.28. The second-order valence-electron chi connectivity index (χ2n) is 6.00. The lowest BCUT2D eigenvalue weighted by Gasteiger charge is -2.13. The zero-order chi connectivity index (χ0) is 17.9. The monoisotopic (exact) mass is 365 g/mol. The third-order valence-electron chi connectivity index (χ3n) is 3.97. The van der Waals surface area contributed by atoms with Gasteiger partial charge in [-0.1, -0.05) is 25.4 Å². The van der Waals surface area contributed by atoms with Crippen LogP contribution >= 0.6 is 23.4 Å². The molecule has 0 bridgehead atoms. The fourth-order valence-corrected chi connectivity index (χ4v) is 3.48. The van der Waals surface area contributed by atoms with E-state index in [0.717, 1.165) is 29.1 Å². The van der Waals surface area contributed by atoms with Gasteiger partial charge >= 0.3 is 0 Å². The van der Waals surface area contributed by atoms with Crippen LogP contribution in [0.3, 0.4) is 0 Å². The van der Waals surface area contributed by atoms with E-state index in [0.29, 0.717) is 10.3 Å². The quantitative estimate of drug-likeness (QED) is 0.733. The van der Waals surface area contributed by atoms with Crippen LogP contribution in [0.15, 0.2) is 23.1 Å². The highest BCUT2D eigenvalue weighted by molar-refractivity contribution is 7.99. The summed E-state index contributed by atoms with van der Waals surface area (Å²) in [4.78, 5) is 13.5. The average Bonchev–Trinajstić information content (AvgIpc) is 2.77. The summed E-state index contributed by atoms with van der Waals surface area (Å²) in [5.41, 5.74) is 3.44. The number of benzene rings is 1. The minimum absolute atomic E-state index is 0.109. The van der Waals surface area contributed by atoms with Crippen molar-refractivity contribution in [3.8, 4) is 0 Å². The molecule has 1 atom stereocenters. The van der Waals surface area contributed by atoms with Crippen LogP contribution in [0.5, 0.6) is 0 Å². The molecule has 0 radical (unpaired) electrons. The lowest BCUT2D eigenvalue weighted by molar-refractivity contribution is -0.116. The van der Waals surface area contributed by atoms with Gasteiger partial charge in [0, 0.05) is 15.8 Å². The van der Waals surface area contributed by atoms with E-state index in [1.54, 1.807) is 4.68 Å². The number of nitrogens with one attached hydrogen (secondary N) is 1. The van der Waals surface area contributed by atoms with Crippen LogP contribution in [0.2, 0.25) is 5.02 Å².